The molecule has 0 amide bonds. The topological polar surface area (TPSA) is 52.2 Å². The van der Waals surface area contributed by atoms with Gasteiger partial charge in [0.05, 0.1) is 21.8 Å². The fraction of sp³-hybridized carbons (Fsp3) is 0.414. The predicted octanol–water partition coefficient (Wildman–Crippen LogP) is 7.11. The molecular weight excluding hydrogens is 442 g/mol. The Labute approximate surface area is 207 Å². The van der Waals surface area contributed by atoms with Gasteiger partial charge >= 0.3 is 0 Å². The molecule has 0 atom stereocenters. The summed E-state index contributed by atoms with van der Waals surface area (Å²) in [5.41, 5.74) is 6.39. The van der Waals surface area contributed by atoms with Crippen LogP contribution in [0.25, 0.3) is 33.1 Å². The number of fused-ring (bicyclic) bond motifs is 2. The van der Waals surface area contributed by atoms with Gasteiger partial charge < -0.3 is 15.0 Å². The Balaban J connectivity index is 1.50. The van der Waals surface area contributed by atoms with Crippen LogP contribution < -0.4 is 0 Å². The zero-order valence-corrected chi connectivity index (χ0v) is 21.3. The van der Waals surface area contributed by atoms with Crippen molar-refractivity contribution in [3.05, 3.63) is 64.8 Å². The van der Waals surface area contributed by atoms with E-state index in [9.17, 15) is 5.11 Å². The van der Waals surface area contributed by atoms with Gasteiger partial charge in [-0.05, 0) is 93.1 Å². The van der Waals surface area contributed by atoms with Crippen molar-refractivity contribution in [2.75, 3.05) is 19.6 Å². The average molecular weight is 476 g/mol. The van der Waals surface area contributed by atoms with Crippen LogP contribution in [0.3, 0.4) is 0 Å². The van der Waals surface area contributed by atoms with Gasteiger partial charge in [0.15, 0.2) is 0 Å². The smallest absolute Gasteiger partial charge is 0.0888 e. The Morgan fingerprint density at radius 3 is 2.62 bits per heavy atom. The monoisotopic (exact) mass is 475 g/mol. The van der Waals surface area contributed by atoms with Crippen LogP contribution in [0.1, 0.15) is 63.5 Å². The second-order valence-corrected chi connectivity index (χ2v) is 11.2. The Morgan fingerprint density at radius 2 is 1.91 bits per heavy atom. The number of benzene rings is 2. The van der Waals surface area contributed by atoms with Crippen LogP contribution in [0, 0.1) is 0 Å². The van der Waals surface area contributed by atoms with Crippen molar-refractivity contribution in [3.8, 4) is 11.3 Å². The molecule has 1 aliphatic heterocycles. The second kappa shape index (κ2) is 8.99. The summed E-state index contributed by atoms with van der Waals surface area (Å²) in [6.45, 7) is 11.1. The highest BCUT2D eigenvalue weighted by Gasteiger charge is 2.26. The van der Waals surface area contributed by atoms with Crippen LogP contribution in [-0.2, 0) is 0 Å². The Bertz CT molecular complexity index is 1330. The molecule has 4 aromatic rings. The van der Waals surface area contributed by atoms with E-state index < -0.39 is 5.60 Å². The molecule has 1 saturated heterocycles. The number of hydrogen-bond acceptors (Lipinski definition) is 3. The van der Waals surface area contributed by atoms with E-state index in [-0.39, 0.29) is 0 Å². The van der Waals surface area contributed by atoms with E-state index in [0.717, 1.165) is 54.6 Å². The van der Waals surface area contributed by atoms with Crippen LogP contribution in [0.15, 0.2) is 48.7 Å². The molecule has 2 aromatic carbocycles. The van der Waals surface area contributed by atoms with E-state index in [1.54, 1.807) is 6.20 Å². The Hall–Kier alpha value is -2.40. The summed E-state index contributed by atoms with van der Waals surface area (Å²) in [7, 11) is 0. The molecule has 0 bridgehead atoms. The minimum Gasteiger partial charge on any atom is -0.389 e. The Kier molecular flexibility index (Phi) is 6.18. The number of halogens is 1. The second-order valence-electron chi connectivity index (χ2n) is 10.8. The molecule has 5 heteroatoms. The van der Waals surface area contributed by atoms with Gasteiger partial charge in [0.1, 0.15) is 0 Å². The minimum absolute atomic E-state index is 0.371. The molecule has 0 radical (unpaired) electrons. The van der Waals surface area contributed by atoms with Gasteiger partial charge in [-0.3, -0.25) is 4.98 Å². The first-order valence-corrected chi connectivity index (χ1v) is 12.7. The summed E-state index contributed by atoms with van der Waals surface area (Å²) < 4.78 is 0. The largest absolute Gasteiger partial charge is 0.389 e. The van der Waals surface area contributed by atoms with Crippen LogP contribution in [0.5, 0.6) is 0 Å². The number of piperidine rings is 1. The zero-order chi connectivity index (χ0) is 24.0. The molecule has 0 spiro atoms. The van der Waals surface area contributed by atoms with Crippen molar-refractivity contribution in [3.63, 3.8) is 0 Å². The molecule has 0 saturated carbocycles. The molecule has 3 heterocycles. The SMILES string of the molecule is CC(C)c1c(-c2cc(Cl)c3ncccc3c2)[nH]c2ccc(C3CCN(CC(C)(C)O)CC3)cc12. The zero-order valence-electron chi connectivity index (χ0n) is 20.5. The summed E-state index contributed by atoms with van der Waals surface area (Å²) >= 11 is 6.63. The first-order valence-electron chi connectivity index (χ1n) is 12.3. The summed E-state index contributed by atoms with van der Waals surface area (Å²) in [6, 6.07) is 15.2. The van der Waals surface area contributed by atoms with Gasteiger partial charge in [-0.25, -0.2) is 0 Å². The number of H-pyrrole nitrogens is 1. The van der Waals surface area contributed by atoms with E-state index in [4.69, 9.17) is 11.6 Å². The quantitative estimate of drug-likeness (QED) is 0.323. The maximum Gasteiger partial charge on any atom is 0.0888 e. The molecule has 2 aromatic heterocycles. The number of β-amino-alcohol motifs (C(OH)–C–C–N with tert-alkyl or cyclic N) is 1. The number of hydrogen-bond donors (Lipinski definition) is 2. The summed E-state index contributed by atoms with van der Waals surface area (Å²) in [5.74, 6) is 0.929. The molecule has 5 rings (SSSR count). The lowest BCUT2D eigenvalue weighted by molar-refractivity contribution is 0.0282. The summed E-state index contributed by atoms with van der Waals surface area (Å²) in [6.07, 6.45) is 4.04. The average Bonchev–Trinajstić information content (AvgIpc) is 3.18. The highest BCUT2D eigenvalue weighted by molar-refractivity contribution is 6.35. The molecule has 178 valence electrons. The standard InChI is InChI=1S/C29H34ClN3O/c1-18(2)26-23-15-20(19-9-12-33(13-10-19)17-29(3,4)34)7-8-25(23)32-28(26)22-14-21-6-5-11-31-27(21)24(30)16-22/h5-8,11,14-16,18-19,32,34H,9-10,12-13,17H2,1-4H3. The number of pyridine rings is 1. The van der Waals surface area contributed by atoms with Crippen LogP contribution in [0.2, 0.25) is 5.02 Å². The lowest BCUT2D eigenvalue weighted by atomic mass is 9.87. The van der Waals surface area contributed by atoms with Gasteiger partial charge in [0.25, 0.3) is 0 Å². The number of rotatable bonds is 5. The third-order valence-corrected chi connectivity index (χ3v) is 7.34. The molecule has 34 heavy (non-hydrogen) atoms. The summed E-state index contributed by atoms with van der Waals surface area (Å²) in [5, 5.41) is 13.2. The lowest BCUT2D eigenvalue weighted by Crippen LogP contribution is -2.42. The van der Waals surface area contributed by atoms with E-state index in [2.05, 4.69) is 59.0 Å². The van der Waals surface area contributed by atoms with Crippen LogP contribution in [-0.4, -0.2) is 45.2 Å². The van der Waals surface area contributed by atoms with Crippen LogP contribution >= 0.6 is 11.6 Å². The van der Waals surface area contributed by atoms with Gasteiger partial charge in [-0.15, -0.1) is 0 Å². The number of aliphatic hydroxyl groups is 1. The first kappa shape index (κ1) is 23.3. The summed E-state index contributed by atoms with van der Waals surface area (Å²) in [4.78, 5) is 10.5. The van der Waals surface area contributed by atoms with Gasteiger partial charge in [-0.1, -0.05) is 37.6 Å². The van der Waals surface area contributed by atoms with E-state index in [1.807, 2.05) is 26.0 Å². The molecule has 1 aliphatic rings. The molecule has 4 nitrogen and oxygen atoms in total. The maximum atomic E-state index is 10.2. The fourth-order valence-electron chi connectivity index (χ4n) is 5.58. The number of nitrogens with zero attached hydrogens (tertiary/aromatic N) is 2. The van der Waals surface area contributed by atoms with E-state index in [1.165, 1.54) is 22.0 Å². The van der Waals surface area contributed by atoms with Crippen LogP contribution in [0.4, 0.5) is 0 Å². The van der Waals surface area contributed by atoms with Crippen molar-refractivity contribution in [2.24, 2.45) is 0 Å². The highest BCUT2D eigenvalue weighted by Crippen LogP contribution is 2.40. The third-order valence-electron chi connectivity index (χ3n) is 7.06. The molecular formula is C29H34ClN3O. The molecule has 0 unspecified atom stereocenters. The van der Waals surface area contributed by atoms with Crippen molar-refractivity contribution < 1.29 is 5.11 Å². The first-order chi connectivity index (χ1) is 16.2. The van der Waals surface area contributed by atoms with Gasteiger partial charge in [0, 0.05) is 34.6 Å². The van der Waals surface area contributed by atoms with Crippen molar-refractivity contribution in [2.45, 2.75) is 58.0 Å². The molecule has 1 fully saturated rings. The Morgan fingerprint density at radius 1 is 1.15 bits per heavy atom. The third kappa shape index (κ3) is 4.59. The number of aromatic amines is 1. The van der Waals surface area contributed by atoms with Gasteiger partial charge in [0.2, 0.25) is 0 Å². The van der Waals surface area contributed by atoms with Crippen molar-refractivity contribution >= 4 is 33.4 Å². The number of likely N-dealkylation sites (tertiary alicyclic amines) is 1. The number of aromatic nitrogens is 2. The fourth-order valence-corrected chi connectivity index (χ4v) is 5.85. The van der Waals surface area contributed by atoms with Gasteiger partial charge in [-0.2, -0.15) is 0 Å². The maximum absolute atomic E-state index is 10.2. The van der Waals surface area contributed by atoms with E-state index >= 15 is 0 Å². The lowest BCUT2D eigenvalue weighted by Gasteiger charge is -2.35. The highest BCUT2D eigenvalue weighted by atomic mass is 35.5. The van der Waals surface area contributed by atoms with Crippen molar-refractivity contribution in [1.82, 2.24) is 14.9 Å². The molecule has 2 N–H and O–H groups in total. The number of nitrogens with one attached hydrogen (secondary N) is 1. The van der Waals surface area contributed by atoms with E-state index in [0.29, 0.717) is 16.9 Å². The molecule has 0 aliphatic carbocycles. The normalized spacial score (nSPS) is 16.2. The predicted molar refractivity (Wildman–Crippen MR) is 143 cm³/mol. The minimum atomic E-state index is -0.638. The van der Waals surface area contributed by atoms with Crippen molar-refractivity contribution in [1.29, 1.82) is 0 Å².